The van der Waals surface area contributed by atoms with Crippen LogP contribution in [-0.2, 0) is 28.6 Å². The molecule has 0 saturated heterocycles. The smallest absolute Gasteiger partial charge is 0.344 e. The number of nitrogens with zero attached hydrogens (tertiary/aromatic N) is 2. The van der Waals surface area contributed by atoms with Crippen LogP contribution in [0.1, 0.15) is 55.9 Å². The molecule has 1 amide bonds. The SMILES string of the molecule is C/C=C(\CCc1ccccc1F)N(CC(=O)N[C@H](Cc1ccccc1C(F)(F)F)C(=O)CC)/N=C(\C)c1ccc(Cl)cc1. The van der Waals surface area contributed by atoms with Gasteiger partial charge in [0.15, 0.2) is 5.78 Å². The molecule has 5 nitrogen and oxygen atoms in total. The Bertz CT molecular complexity index is 1470. The first-order chi connectivity index (χ1) is 20.4. The lowest BCUT2D eigenvalue weighted by Gasteiger charge is -2.25. The minimum atomic E-state index is -4.61. The van der Waals surface area contributed by atoms with E-state index in [0.29, 0.717) is 34.8 Å². The predicted octanol–water partition coefficient (Wildman–Crippen LogP) is 7.77. The van der Waals surface area contributed by atoms with Crippen molar-refractivity contribution in [2.24, 2.45) is 5.10 Å². The van der Waals surface area contributed by atoms with Crippen molar-refractivity contribution in [3.63, 3.8) is 0 Å². The Morgan fingerprint density at radius 3 is 2.23 bits per heavy atom. The highest BCUT2D eigenvalue weighted by molar-refractivity contribution is 6.30. The molecule has 0 aliphatic carbocycles. The number of nitrogens with one attached hydrogen (secondary N) is 1. The number of Topliss-reactive ketones (excluding diaryl/α,β-unsaturated/α-hetero) is 1. The molecule has 228 valence electrons. The Hall–Kier alpha value is -3.98. The van der Waals surface area contributed by atoms with Crippen molar-refractivity contribution in [2.45, 2.75) is 58.7 Å². The number of amides is 1. The third-order valence-corrected chi connectivity index (χ3v) is 7.17. The molecule has 0 aliphatic heterocycles. The second-order valence-corrected chi connectivity index (χ2v) is 10.4. The van der Waals surface area contributed by atoms with Gasteiger partial charge in [0.05, 0.1) is 17.3 Å². The fourth-order valence-corrected chi connectivity index (χ4v) is 4.71. The normalized spacial score (nSPS) is 13.0. The molecule has 0 aromatic heterocycles. The van der Waals surface area contributed by atoms with Crippen LogP contribution in [-0.4, -0.2) is 35.0 Å². The van der Waals surface area contributed by atoms with Gasteiger partial charge in [-0.25, -0.2) is 4.39 Å². The predicted molar refractivity (Wildman–Crippen MR) is 161 cm³/mol. The van der Waals surface area contributed by atoms with E-state index >= 15 is 0 Å². The van der Waals surface area contributed by atoms with E-state index in [2.05, 4.69) is 10.4 Å². The van der Waals surface area contributed by atoms with E-state index in [9.17, 15) is 27.2 Å². The topological polar surface area (TPSA) is 61.8 Å². The zero-order valence-corrected chi connectivity index (χ0v) is 25.0. The van der Waals surface area contributed by atoms with E-state index in [4.69, 9.17) is 11.6 Å². The fourth-order valence-electron chi connectivity index (χ4n) is 4.58. The lowest BCUT2D eigenvalue weighted by Crippen LogP contribution is -2.46. The summed E-state index contributed by atoms with van der Waals surface area (Å²) in [5.41, 5.74) is 1.49. The molecule has 10 heteroatoms. The first-order valence-corrected chi connectivity index (χ1v) is 14.2. The molecule has 0 radical (unpaired) electrons. The van der Waals surface area contributed by atoms with Gasteiger partial charge >= 0.3 is 6.18 Å². The van der Waals surface area contributed by atoms with E-state index < -0.39 is 29.5 Å². The van der Waals surface area contributed by atoms with Crippen molar-refractivity contribution < 1.29 is 27.2 Å². The standard InChI is InChI=1S/C33H34ClF4N3O2/c1-4-27(19-16-24-10-7-9-13-29(24)35)41(40-22(3)23-14-17-26(34)18-15-23)21-32(43)39-30(31(42)5-2)20-25-11-6-8-12-28(25)33(36,37)38/h4,6-15,17-18,30H,5,16,19-21H2,1-3H3,(H,39,43)/b27-4+,40-22+/t30-/m1/s1. The third kappa shape index (κ3) is 9.78. The Morgan fingerprint density at radius 1 is 1.00 bits per heavy atom. The Labute approximate surface area is 254 Å². The average molecular weight is 616 g/mol. The lowest BCUT2D eigenvalue weighted by atomic mass is 9.96. The molecule has 1 N–H and O–H groups in total. The van der Waals surface area contributed by atoms with E-state index in [1.54, 1.807) is 69.3 Å². The van der Waals surface area contributed by atoms with Gasteiger partial charge in [0.2, 0.25) is 5.91 Å². The van der Waals surface area contributed by atoms with Crippen LogP contribution in [0.25, 0.3) is 0 Å². The Kier molecular flexibility index (Phi) is 12.1. The molecule has 0 spiro atoms. The number of aryl methyl sites for hydroxylation is 1. The summed E-state index contributed by atoms with van der Waals surface area (Å²) in [4.78, 5) is 26.1. The van der Waals surface area contributed by atoms with Gasteiger partial charge in [-0.1, -0.05) is 73.1 Å². The van der Waals surface area contributed by atoms with Crippen LogP contribution in [0.4, 0.5) is 17.6 Å². The number of alkyl halides is 3. The highest BCUT2D eigenvalue weighted by Gasteiger charge is 2.34. The van der Waals surface area contributed by atoms with Crippen LogP contribution in [0.5, 0.6) is 0 Å². The van der Waals surface area contributed by atoms with Crippen LogP contribution in [0.15, 0.2) is 89.7 Å². The summed E-state index contributed by atoms with van der Waals surface area (Å²) in [6.45, 7) is 4.79. The molecule has 0 fully saturated rings. The summed E-state index contributed by atoms with van der Waals surface area (Å²) in [6, 6.07) is 17.2. The highest BCUT2D eigenvalue weighted by Crippen LogP contribution is 2.32. The molecule has 0 saturated carbocycles. The van der Waals surface area contributed by atoms with E-state index in [-0.39, 0.29) is 30.8 Å². The van der Waals surface area contributed by atoms with E-state index in [1.165, 1.54) is 29.3 Å². The lowest BCUT2D eigenvalue weighted by molar-refractivity contribution is -0.138. The number of carbonyl (C=O) groups excluding carboxylic acids is 2. The van der Waals surface area contributed by atoms with Crippen LogP contribution in [0.3, 0.4) is 0 Å². The number of rotatable bonds is 13. The molecular weight excluding hydrogens is 582 g/mol. The monoisotopic (exact) mass is 615 g/mol. The number of allylic oxidation sites excluding steroid dienone is 2. The highest BCUT2D eigenvalue weighted by atomic mass is 35.5. The molecule has 0 heterocycles. The summed E-state index contributed by atoms with van der Waals surface area (Å²) in [6.07, 6.45) is -2.45. The van der Waals surface area contributed by atoms with Crippen LogP contribution < -0.4 is 5.32 Å². The number of hydrogen-bond donors (Lipinski definition) is 1. The summed E-state index contributed by atoms with van der Waals surface area (Å²) in [5, 5.41) is 9.33. The van der Waals surface area contributed by atoms with Gasteiger partial charge in [0.1, 0.15) is 12.4 Å². The van der Waals surface area contributed by atoms with Gasteiger partial charge in [-0.15, -0.1) is 0 Å². The van der Waals surface area contributed by atoms with Crippen molar-refractivity contribution >= 4 is 29.0 Å². The van der Waals surface area contributed by atoms with Crippen molar-refractivity contribution in [2.75, 3.05) is 6.54 Å². The maximum atomic E-state index is 14.3. The van der Waals surface area contributed by atoms with Crippen molar-refractivity contribution in [3.05, 3.63) is 118 Å². The molecule has 0 unspecified atom stereocenters. The van der Waals surface area contributed by atoms with Crippen molar-refractivity contribution in [1.29, 1.82) is 0 Å². The van der Waals surface area contributed by atoms with Gasteiger partial charge in [-0.05, 0) is 67.6 Å². The molecule has 0 bridgehead atoms. The van der Waals surface area contributed by atoms with E-state index in [0.717, 1.165) is 11.6 Å². The molecular formula is C33H34ClF4N3O2. The van der Waals surface area contributed by atoms with Crippen LogP contribution >= 0.6 is 11.6 Å². The second-order valence-electron chi connectivity index (χ2n) is 9.92. The molecule has 1 atom stereocenters. The number of hydrazone groups is 1. The van der Waals surface area contributed by atoms with Gasteiger partial charge in [-0.3, -0.25) is 14.6 Å². The first-order valence-electron chi connectivity index (χ1n) is 13.9. The number of halogens is 5. The number of benzene rings is 3. The zero-order valence-electron chi connectivity index (χ0n) is 24.2. The second kappa shape index (κ2) is 15.5. The third-order valence-electron chi connectivity index (χ3n) is 6.92. The minimum absolute atomic E-state index is 0.0272. The minimum Gasteiger partial charge on any atom is -0.344 e. The summed E-state index contributed by atoms with van der Waals surface area (Å²) < 4.78 is 55.2. The molecule has 0 aliphatic rings. The summed E-state index contributed by atoms with van der Waals surface area (Å²) in [5.74, 6) is -1.35. The van der Waals surface area contributed by atoms with Crippen LogP contribution in [0.2, 0.25) is 5.02 Å². The fraction of sp³-hybridized carbons (Fsp3) is 0.303. The quantitative estimate of drug-likeness (QED) is 0.121. The summed E-state index contributed by atoms with van der Waals surface area (Å²) >= 11 is 6.02. The van der Waals surface area contributed by atoms with Gasteiger partial charge in [0, 0.05) is 23.6 Å². The maximum Gasteiger partial charge on any atom is 0.416 e. The molecule has 3 aromatic rings. The van der Waals surface area contributed by atoms with Crippen molar-refractivity contribution in [3.8, 4) is 0 Å². The molecule has 43 heavy (non-hydrogen) atoms. The maximum absolute atomic E-state index is 14.3. The van der Waals surface area contributed by atoms with Gasteiger partial charge < -0.3 is 5.32 Å². The number of carbonyl (C=O) groups is 2. The van der Waals surface area contributed by atoms with Gasteiger partial charge in [0.25, 0.3) is 0 Å². The zero-order chi connectivity index (χ0) is 31.6. The van der Waals surface area contributed by atoms with Crippen molar-refractivity contribution in [1.82, 2.24) is 10.3 Å². The van der Waals surface area contributed by atoms with Gasteiger partial charge in [-0.2, -0.15) is 18.3 Å². The largest absolute Gasteiger partial charge is 0.416 e. The Balaban J connectivity index is 1.88. The number of hydrogen-bond acceptors (Lipinski definition) is 4. The van der Waals surface area contributed by atoms with Crippen LogP contribution in [0, 0.1) is 5.82 Å². The number of ketones is 1. The summed E-state index contributed by atoms with van der Waals surface area (Å²) in [7, 11) is 0. The first kappa shape index (κ1) is 33.5. The average Bonchev–Trinajstić information content (AvgIpc) is 2.97. The molecule has 3 aromatic carbocycles. The molecule has 3 rings (SSSR count). The van der Waals surface area contributed by atoms with E-state index in [1.807, 2.05) is 0 Å². The Morgan fingerprint density at radius 2 is 1.63 bits per heavy atom.